The number of nitrogens with one attached hydrogen (secondary N) is 1. The summed E-state index contributed by atoms with van der Waals surface area (Å²) >= 11 is 0. The number of amides is 1. The van der Waals surface area contributed by atoms with Crippen LogP contribution in [-0.2, 0) is 20.5 Å². The van der Waals surface area contributed by atoms with Crippen molar-refractivity contribution in [3.63, 3.8) is 0 Å². The number of ether oxygens (including phenoxy) is 1. The molecule has 2 aromatic rings. The number of methoxy groups -OCH3 is 1. The van der Waals surface area contributed by atoms with Crippen molar-refractivity contribution >= 4 is 28.7 Å². The molecule has 0 aliphatic carbocycles. The van der Waals surface area contributed by atoms with Gasteiger partial charge in [0.15, 0.2) is 17.1 Å². The molecule has 1 atom stereocenters. The van der Waals surface area contributed by atoms with Gasteiger partial charge in [-0.1, -0.05) is 5.16 Å². The Morgan fingerprint density at radius 3 is 2.79 bits per heavy atom. The molecule has 1 fully saturated rings. The molecule has 1 spiro atoms. The van der Waals surface area contributed by atoms with E-state index in [1.54, 1.807) is 0 Å². The number of carbonyl (C=O) groups excluding carboxylic acids is 2. The van der Waals surface area contributed by atoms with Gasteiger partial charge in [-0.05, 0) is 6.07 Å². The third-order valence-electron chi connectivity index (χ3n) is 4.91. The smallest absolute Gasteiger partial charge is 0.417 e. The summed E-state index contributed by atoms with van der Waals surface area (Å²) in [5.41, 5.74) is -3.41. The van der Waals surface area contributed by atoms with Crippen molar-refractivity contribution < 1.29 is 36.8 Å². The van der Waals surface area contributed by atoms with Crippen LogP contribution in [0.15, 0.2) is 26.5 Å². The summed E-state index contributed by atoms with van der Waals surface area (Å²) in [6.07, 6.45) is -4.27. The number of furan rings is 1. The van der Waals surface area contributed by atoms with Crippen LogP contribution in [0, 0.1) is 0 Å². The summed E-state index contributed by atoms with van der Waals surface area (Å²) in [6, 6.07) is 1.36. The third-order valence-corrected chi connectivity index (χ3v) is 4.91. The number of aromatic nitrogens is 1. The molecule has 0 bridgehead atoms. The van der Waals surface area contributed by atoms with Gasteiger partial charge in [-0.15, -0.1) is 0 Å². The Kier molecular flexibility index (Phi) is 4.17. The van der Waals surface area contributed by atoms with E-state index in [-0.39, 0.29) is 31.0 Å². The molecule has 0 radical (unpaired) electrons. The van der Waals surface area contributed by atoms with E-state index in [2.05, 4.69) is 14.9 Å². The molecule has 0 aromatic carbocycles. The van der Waals surface area contributed by atoms with Crippen molar-refractivity contribution in [1.29, 1.82) is 0 Å². The minimum atomic E-state index is -4.78. The second-order valence-corrected chi connectivity index (χ2v) is 6.86. The van der Waals surface area contributed by atoms with Gasteiger partial charge in [0.25, 0.3) is 11.5 Å². The molecule has 29 heavy (non-hydrogen) atoms. The number of carbonyl (C=O) groups is 2. The summed E-state index contributed by atoms with van der Waals surface area (Å²) in [6.45, 7) is 0.290. The number of hydrogen-bond acceptors (Lipinski definition) is 7. The first-order valence-corrected chi connectivity index (χ1v) is 8.49. The van der Waals surface area contributed by atoms with Gasteiger partial charge >= 0.3 is 12.1 Å². The molecule has 4 heterocycles. The monoisotopic (exact) mass is 413 g/mol. The van der Waals surface area contributed by atoms with E-state index in [1.165, 1.54) is 12.0 Å². The van der Waals surface area contributed by atoms with Gasteiger partial charge in [0.2, 0.25) is 5.71 Å². The minimum absolute atomic E-state index is 0.0650. The van der Waals surface area contributed by atoms with E-state index in [9.17, 15) is 27.6 Å². The van der Waals surface area contributed by atoms with Crippen LogP contribution in [0.2, 0.25) is 0 Å². The summed E-state index contributed by atoms with van der Waals surface area (Å²) in [4.78, 5) is 44.7. The molecular formula is C17H14F3N3O6. The number of aromatic amines is 1. The van der Waals surface area contributed by atoms with Gasteiger partial charge in [0.05, 0.1) is 24.6 Å². The minimum Gasteiger partial charge on any atom is -0.464 e. The van der Waals surface area contributed by atoms with Crippen LogP contribution < -0.4 is 5.56 Å². The number of hydrogen-bond donors (Lipinski definition) is 1. The lowest BCUT2D eigenvalue weighted by atomic mass is 9.97. The molecule has 1 amide bonds. The van der Waals surface area contributed by atoms with Crippen LogP contribution >= 0.6 is 0 Å². The zero-order chi connectivity index (χ0) is 21.0. The van der Waals surface area contributed by atoms with E-state index < -0.39 is 45.9 Å². The maximum atomic E-state index is 13.2. The lowest BCUT2D eigenvalue weighted by Crippen LogP contribution is -2.36. The van der Waals surface area contributed by atoms with Gasteiger partial charge in [-0.25, -0.2) is 4.79 Å². The molecule has 0 saturated carbocycles. The number of nitrogens with zero attached hydrogens (tertiary/aromatic N) is 2. The first-order chi connectivity index (χ1) is 13.6. The largest absolute Gasteiger partial charge is 0.464 e. The number of pyridine rings is 1. The molecule has 1 saturated heterocycles. The molecule has 9 nitrogen and oxygen atoms in total. The SMILES string of the molecule is COC(=O)C1=NOC2(CCN(C(=O)c3cc4c(C(F)(F)F)cc(=O)[nH]c4o3)C2)C1. The zero-order valence-electron chi connectivity index (χ0n) is 15.0. The van der Waals surface area contributed by atoms with E-state index in [0.29, 0.717) is 12.5 Å². The molecule has 2 aliphatic heterocycles. The highest BCUT2D eigenvalue weighted by Gasteiger charge is 2.48. The van der Waals surface area contributed by atoms with Crippen LogP contribution in [0.4, 0.5) is 13.2 Å². The maximum absolute atomic E-state index is 13.2. The number of alkyl halides is 3. The maximum Gasteiger partial charge on any atom is 0.417 e. The van der Waals surface area contributed by atoms with E-state index in [4.69, 9.17) is 9.25 Å². The van der Waals surface area contributed by atoms with Gasteiger partial charge in [0, 0.05) is 25.5 Å². The first-order valence-electron chi connectivity index (χ1n) is 8.49. The van der Waals surface area contributed by atoms with Crippen LogP contribution in [0.3, 0.4) is 0 Å². The normalized spacial score (nSPS) is 21.5. The fourth-order valence-corrected chi connectivity index (χ4v) is 3.52. The Morgan fingerprint density at radius 2 is 2.10 bits per heavy atom. The van der Waals surface area contributed by atoms with Crippen molar-refractivity contribution in [3.05, 3.63) is 33.8 Å². The number of likely N-dealkylation sites (tertiary alicyclic amines) is 1. The van der Waals surface area contributed by atoms with E-state index >= 15 is 0 Å². The molecule has 1 unspecified atom stereocenters. The quantitative estimate of drug-likeness (QED) is 0.750. The summed E-state index contributed by atoms with van der Waals surface area (Å²) in [5.74, 6) is -1.65. The van der Waals surface area contributed by atoms with Crippen molar-refractivity contribution in [2.24, 2.45) is 5.16 Å². The van der Waals surface area contributed by atoms with Gasteiger partial charge in [-0.2, -0.15) is 13.2 Å². The van der Waals surface area contributed by atoms with Gasteiger partial charge < -0.3 is 18.9 Å². The summed E-state index contributed by atoms with van der Waals surface area (Å²) in [5, 5.41) is 3.29. The Bertz CT molecular complexity index is 1100. The first kappa shape index (κ1) is 19.0. The average Bonchev–Trinajstić information content (AvgIpc) is 3.38. The fourth-order valence-electron chi connectivity index (χ4n) is 3.52. The number of rotatable bonds is 2. The van der Waals surface area contributed by atoms with Crippen LogP contribution in [0.5, 0.6) is 0 Å². The number of esters is 1. The topological polar surface area (TPSA) is 114 Å². The Balaban J connectivity index is 1.58. The highest BCUT2D eigenvalue weighted by molar-refractivity contribution is 6.36. The highest BCUT2D eigenvalue weighted by atomic mass is 19.4. The summed E-state index contributed by atoms with van der Waals surface area (Å²) in [7, 11) is 1.21. The zero-order valence-corrected chi connectivity index (χ0v) is 15.0. The van der Waals surface area contributed by atoms with Crippen LogP contribution in [0.1, 0.15) is 29.0 Å². The van der Waals surface area contributed by atoms with Gasteiger partial charge in [0.1, 0.15) is 0 Å². The number of halogens is 3. The Morgan fingerprint density at radius 1 is 1.34 bits per heavy atom. The summed E-state index contributed by atoms with van der Waals surface area (Å²) < 4.78 is 49.3. The lowest BCUT2D eigenvalue weighted by molar-refractivity contribution is -0.136. The van der Waals surface area contributed by atoms with Gasteiger partial charge in [-0.3, -0.25) is 14.6 Å². The van der Waals surface area contributed by atoms with E-state index in [1.807, 2.05) is 0 Å². The average molecular weight is 413 g/mol. The van der Waals surface area contributed by atoms with Crippen LogP contribution in [-0.4, -0.2) is 53.3 Å². The lowest BCUT2D eigenvalue weighted by Gasteiger charge is -2.21. The van der Waals surface area contributed by atoms with Crippen LogP contribution in [0.25, 0.3) is 11.1 Å². The molecule has 12 heteroatoms. The number of fused-ring (bicyclic) bond motifs is 1. The number of oxime groups is 1. The second-order valence-electron chi connectivity index (χ2n) is 6.86. The number of H-pyrrole nitrogens is 1. The van der Waals surface area contributed by atoms with E-state index in [0.717, 1.165) is 6.07 Å². The van der Waals surface area contributed by atoms with Crippen molar-refractivity contribution in [1.82, 2.24) is 9.88 Å². The molecule has 154 valence electrons. The Labute approximate surface area is 160 Å². The Hall–Kier alpha value is -3.31. The standard InChI is InChI=1S/C17H14F3N3O6/c1-27-15(26)10-6-16(29-22-10)2-3-23(7-16)14(25)11-4-8-9(17(18,19)20)5-12(24)21-13(8)28-11/h4-5H,2-3,6-7H2,1H3,(H,21,24). The molecular weight excluding hydrogens is 399 g/mol. The fraction of sp³-hybridized carbons (Fsp3) is 0.412. The highest BCUT2D eigenvalue weighted by Crippen LogP contribution is 2.37. The van der Waals surface area contributed by atoms with Crippen molar-refractivity contribution in [2.75, 3.05) is 20.2 Å². The van der Waals surface area contributed by atoms with Crippen molar-refractivity contribution in [2.45, 2.75) is 24.6 Å². The molecule has 2 aromatic heterocycles. The third kappa shape index (κ3) is 3.23. The predicted molar refractivity (Wildman–Crippen MR) is 90.2 cm³/mol. The van der Waals surface area contributed by atoms with Crippen molar-refractivity contribution in [3.8, 4) is 0 Å². The second kappa shape index (κ2) is 6.36. The molecule has 4 rings (SSSR count). The molecule has 1 N–H and O–H groups in total. The molecule has 2 aliphatic rings. The predicted octanol–water partition coefficient (Wildman–Crippen LogP) is 1.67.